The van der Waals surface area contributed by atoms with Crippen LogP contribution in [-0.4, -0.2) is 28.5 Å². The van der Waals surface area contributed by atoms with Gasteiger partial charge >= 0.3 is 11.7 Å². The highest BCUT2D eigenvalue weighted by Crippen LogP contribution is 2.18. The highest BCUT2D eigenvalue weighted by Gasteiger charge is 2.17. The predicted octanol–water partition coefficient (Wildman–Crippen LogP) is 2.11. The Hall–Kier alpha value is -2.51. The molecule has 0 saturated heterocycles. The van der Waals surface area contributed by atoms with Crippen LogP contribution < -0.4 is 5.32 Å². The molecule has 0 aromatic heterocycles. The van der Waals surface area contributed by atoms with E-state index in [0.717, 1.165) is 12.1 Å². The first-order valence-electron chi connectivity index (χ1n) is 6.35. The van der Waals surface area contributed by atoms with Gasteiger partial charge in [0.15, 0.2) is 0 Å². The van der Waals surface area contributed by atoms with Crippen LogP contribution in [0.3, 0.4) is 0 Å². The van der Waals surface area contributed by atoms with Crippen LogP contribution in [0.1, 0.15) is 36.0 Å². The van der Waals surface area contributed by atoms with Crippen molar-refractivity contribution in [2.75, 3.05) is 6.54 Å². The first kappa shape index (κ1) is 16.5. The van der Waals surface area contributed by atoms with Gasteiger partial charge in [0.1, 0.15) is 0 Å². The number of nitrogens with one attached hydrogen (secondary N) is 1. The Bertz CT molecular complexity index is 547. The molecule has 1 aromatic carbocycles. The van der Waals surface area contributed by atoms with Gasteiger partial charge in [-0.05, 0) is 25.0 Å². The minimum atomic E-state index is -0.995. The summed E-state index contributed by atoms with van der Waals surface area (Å²) in [6, 6.07) is 2.93. The van der Waals surface area contributed by atoms with E-state index in [9.17, 15) is 24.1 Å². The maximum absolute atomic E-state index is 13.1. The van der Waals surface area contributed by atoms with Crippen molar-refractivity contribution in [3.05, 3.63) is 39.7 Å². The Morgan fingerprint density at radius 3 is 2.62 bits per heavy atom. The largest absolute Gasteiger partial charge is 0.481 e. The zero-order valence-corrected chi connectivity index (χ0v) is 11.2. The monoisotopic (exact) mass is 298 g/mol. The van der Waals surface area contributed by atoms with E-state index < -0.39 is 28.3 Å². The van der Waals surface area contributed by atoms with Gasteiger partial charge in [0.2, 0.25) is 5.82 Å². The second-order valence-electron chi connectivity index (χ2n) is 4.38. The molecule has 114 valence electrons. The number of benzene rings is 1. The zero-order chi connectivity index (χ0) is 15.8. The summed E-state index contributed by atoms with van der Waals surface area (Å²) < 4.78 is 13.1. The molecule has 1 rings (SSSR count). The van der Waals surface area contributed by atoms with E-state index in [4.69, 9.17) is 5.11 Å². The fourth-order valence-corrected chi connectivity index (χ4v) is 1.68. The molecule has 0 fully saturated rings. The first-order chi connectivity index (χ1) is 9.91. The second-order valence-corrected chi connectivity index (χ2v) is 4.38. The molecule has 1 aromatic rings. The van der Waals surface area contributed by atoms with Crippen LogP contribution in [-0.2, 0) is 4.79 Å². The van der Waals surface area contributed by atoms with Crippen molar-refractivity contribution < 1.29 is 24.0 Å². The minimum absolute atomic E-state index is 0.00800. The number of carbonyl (C=O) groups excluding carboxylic acids is 1. The van der Waals surface area contributed by atoms with Gasteiger partial charge in [-0.2, -0.15) is 4.39 Å². The smallest absolute Gasteiger partial charge is 0.305 e. The lowest BCUT2D eigenvalue weighted by atomic mass is 10.1. The van der Waals surface area contributed by atoms with Crippen LogP contribution in [0.25, 0.3) is 0 Å². The molecule has 0 radical (unpaired) electrons. The fraction of sp³-hybridized carbons (Fsp3) is 0.385. The van der Waals surface area contributed by atoms with Crippen molar-refractivity contribution >= 4 is 17.6 Å². The maximum atomic E-state index is 13.1. The van der Waals surface area contributed by atoms with Gasteiger partial charge in [-0.25, -0.2) is 0 Å². The van der Waals surface area contributed by atoms with Crippen molar-refractivity contribution in [3.63, 3.8) is 0 Å². The van der Waals surface area contributed by atoms with Gasteiger partial charge in [0.25, 0.3) is 5.91 Å². The molecule has 0 aliphatic carbocycles. The molecule has 8 heteroatoms. The molecule has 7 nitrogen and oxygen atoms in total. The lowest BCUT2D eigenvalue weighted by molar-refractivity contribution is -0.387. The lowest BCUT2D eigenvalue weighted by Gasteiger charge is -2.05. The van der Waals surface area contributed by atoms with E-state index in [1.165, 1.54) is 6.07 Å². The van der Waals surface area contributed by atoms with Gasteiger partial charge in [-0.15, -0.1) is 0 Å². The van der Waals surface area contributed by atoms with E-state index in [0.29, 0.717) is 25.8 Å². The van der Waals surface area contributed by atoms with E-state index in [-0.39, 0.29) is 12.0 Å². The van der Waals surface area contributed by atoms with E-state index in [2.05, 4.69) is 5.32 Å². The SMILES string of the molecule is O=C(O)CCCCCNC(=O)c1ccc(F)c([N+](=O)[O-])c1. The Morgan fingerprint density at radius 2 is 2.00 bits per heavy atom. The lowest BCUT2D eigenvalue weighted by Crippen LogP contribution is -2.24. The normalized spacial score (nSPS) is 10.1. The van der Waals surface area contributed by atoms with Gasteiger partial charge in [0.05, 0.1) is 4.92 Å². The van der Waals surface area contributed by atoms with Crippen molar-refractivity contribution in [3.8, 4) is 0 Å². The third kappa shape index (κ3) is 5.55. The number of unbranched alkanes of at least 4 members (excludes halogenated alkanes) is 2. The first-order valence-corrected chi connectivity index (χ1v) is 6.35. The topological polar surface area (TPSA) is 110 Å². The molecule has 0 spiro atoms. The summed E-state index contributed by atoms with van der Waals surface area (Å²) >= 11 is 0. The standard InChI is InChI=1S/C13H15FN2O5/c14-10-6-5-9(8-11(10)16(20)21)13(19)15-7-3-1-2-4-12(17)18/h5-6,8H,1-4,7H2,(H,15,19)(H,17,18). The second kappa shape index (κ2) is 7.93. The number of rotatable bonds is 8. The number of carboxylic acid groups (broad SMARTS) is 1. The van der Waals surface area contributed by atoms with Crippen LogP contribution in [0, 0.1) is 15.9 Å². The van der Waals surface area contributed by atoms with Crippen LogP contribution in [0.4, 0.5) is 10.1 Å². The number of carboxylic acids is 1. The van der Waals surface area contributed by atoms with Crippen molar-refractivity contribution in [2.24, 2.45) is 0 Å². The predicted molar refractivity (Wildman–Crippen MR) is 71.5 cm³/mol. The number of nitro groups is 1. The Labute approximate surface area is 119 Å². The number of hydrogen-bond donors (Lipinski definition) is 2. The third-order valence-electron chi connectivity index (χ3n) is 2.76. The van der Waals surface area contributed by atoms with E-state index in [1.54, 1.807) is 0 Å². The molecule has 0 saturated carbocycles. The molecule has 21 heavy (non-hydrogen) atoms. The summed E-state index contributed by atoms with van der Waals surface area (Å²) in [6.07, 6.45) is 1.85. The molecule has 2 N–H and O–H groups in total. The summed E-state index contributed by atoms with van der Waals surface area (Å²) in [5, 5.41) is 21.6. The third-order valence-corrected chi connectivity index (χ3v) is 2.76. The molecule has 0 aliphatic heterocycles. The summed E-state index contributed by atoms with van der Waals surface area (Å²) in [4.78, 5) is 31.7. The number of carbonyl (C=O) groups is 2. The average molecular weight is 298 g/mol. The van der Waals surface area contributed by atoms with Gasteiger partial charge in [-0.1, -0.05) is 6.42 Å². The van der Waals surface area contributed by atoms with Gasteiger partial charge in [0, 0.05) is 24.6 Å². The number of halogens is 1. The number of nitrogens with zero attached hydrogens (tertiary/aromatic N) is 1. The zero-order valence-electron chi connectivity index (χ0n) is 11.2. The number of aliphatic carboxylic acids is 1. The minimum Gasteiger partial charge on any atom is -0.481 e. The summed E-state index contributed by atoms with van der Waals surface area (Å²) in [5.41, 5.74) is -0.738. The number of nitro benzene ring substituents is 1. The molecule has 0 aliphatic rings. The average Bonchev–Trinajstić information content (AvgIpc) is 2.42. The van der Waals surface area contributed by atoms with Gasteiger partial charge in [-0.3, -0.25) is 19.7 Å². The van der Waals surface area contributed by atoms with Crippen LogP contribution in [0.5, 0.6) is 0 Å². The maximum Gasteiger partial charge on any atom is 0.305 e. The van der Waals surface area contributed by atoms with Crippen LogP contribution in [0.15, 0.2) is 18.2 Å². The van der Waals surface area contributed by atoms with Gasteiger partial charge < -0.3 is 10.4 Å². The number of hydrogen-bond acceptors (Lipinski definition) is 4. The van der Waals surface area contributed by atoms with E-state index >= 15 is 0 Å². The molecular formula is C13H15FN2O5. The highest BCUT2D eigenvalue weighted by molar-refractivity contribution is 5.94. The molecule has 0 bridgehead atoms. The molecular weight excluding hydrogens is 283 g/mol. The van der Waals surface area contributed by atoms with Crippen LogP contribution in [0.2, 0.25) is 0 Å². The van der Waals surface area contributed by atoms with E-state index in [1.807, 2.05) is 0 Å². The molecule has 0 heterocycles. The Balaban J connectivity index is 2.44. The highest BCUT2D eigenvalue weighted by atomic mass is 19.1. The Morgan fingerprint density at radius 1 is 1.29 bits per heavy atom. The van der Waals surface area contributed by atoms with Crippen molar-refractivity contribution in [1.82, 2.24) is 5.32 Å². The molecule has 0 unspecified atom stereocenters. The summed E-state index contributed by atoms with van der Waals surface area (Å²) in [7, 11) is 0. The molecule has 1 amide bonds. The summed E-state index contributed by atoms with van der Waals surface area (Å²) in [6.45, 7) is 0.323. The Kier molecular flexibility index (Phi) is 6.25. The van der Waals surface area contributed by atoms with Crippen molar-refractivity contribution in [2.45, 2.75) is 25.7 Å². The quantitative estimate of drug-likeness (QED) is 0.434. The van der Waals surface area contributed by atoms with Crippen LogP contribution >= 0.6 is 0 Å². The fourth-order valence-electron chi connectivity index (χ4n) is 1.68. The van der Waals surface area contributed by atoms with Crippen molar-refractivity contribution in [1.29, 1.82) is 0 Å². The number of amides is 1. The summed E-state index contributed by atoms with van der Waals surface area (Å²) in [5.74, 6) is -2.39. The molecule has 0 atom stereocenters.